The third-order valence-electron chi connectivity index (χ3n) is 3.85. The molecule has 1 aliphatic rings. The minimum atomic E-state index is -3.52. The van der Waals surface area contributed by atoms with E-state index in [0.29, 0.717) is 13.2 Å². The van der Waals surface area contributed by atoms with Gasteiger partial charge in [0.2, 0.25) is 10.0 Å². The highest BCUT2D eigenvalue weighted by molar-refractivity contribution is 7.89. The van der Waals surface area contributed by atoms with Crippen molar-refractivity contribution in [1.29, 1.82) is 0 Å². The van der Waals surface area contributed by atoms with Gasteiger partial charge in [0.15, 0.2) is 0 Å². The summed E-state index contributed by atoms with van der Waals surface area (Å²) in [7, 11) is -1.91. The normalized spacial score (nSPS) is 18.7. The van der Waals surface area contributed by atoms with Gasteiger partial charge < -0.3 is 9.47 Å². The molecule has 1 atom stereocenters. The lowest BCUT2D eigenvalue weighted by atomic mass is 10.1. The second-order valence-electron chi connectivity index (χ2n) is 5.36. The molecular formula is C16H19NO4S. The number of hydrogen-bond donors (Lipinski definition) is 1. The quantitative estimate of drug-likeness (QED) is 0.918. The van der Waals surface area contributed by atoms with Crippen LogP contribution in [0.25, 0.3) is 10.8 Å². The van der Waals surface area contributed by atoms with Gasteiger partial charge in [0.1, 0.15) is 5.75 Å². The number of rotatable bonds is 5. The summed E-state index contributed by atoms with van der Waals surface area (Å²) in [5.41, 5.74) is 0. The first-order chi connectivity index (χ1) is 10.6. The Hall–Kier alpha value is -1.63. The van der Waals surface area contributed by atoms with Crippen LogP contribution in [0, 0.1) is 0 Å². The lowest BCUT2D eigenvalue weighted by Gasteiger charge is -2.12. The van der Waals surface area contributed by atoms with E-state index in [1.807, 2.05) is 18.2 Å². The highest BCUT2D eigenvalue weighted by Crippen LogP contribution is 2.23. The van der Waals surface area contributed by atoms with Crippen LogP contribution in [0.2, 0.25) is 0 Å². The van der Waals surface area contributed by atoms with Gasteiger partial charge in [-0.1, -0.05) is 12.1 Å². The maximum atomic E-state index is 12.4. The van der Waals surface area contributed by atoms with Crippen LogP contribution in [-0.2, 0) is 14.8 Å². The van der Waals surface area contributed by atoms with Gasteiger partial charge in [-0.15, -0.1) is 0 Å². The number of fused-ring (bicyclic) bond motifs is 1. The summed E-state index contributed by atoms with van der Waals surface area (Å²) >= 11 is 0. The Morgan fingerprint density at radius 1 is 1.23 bits per heavy atom. The van der Waals surface area contributed by atoms with Crippen LogP contribution >= 0.6 is 0 Å². The van der Waals surface area contributed by atoms with Crippen molar-refractivity contribution in [1.82, 2.24) is 4.72 Å². The van der Waals surface area contributed by atoms with Crippen molar-refractivity contribution in [2.75, 3.05) is 20.3 Å². The third kappa shape index (κ3) is 3.24. The van der Waals surface area contributed by atoms with E-state index < -0.39 is 10.0 Å². The minimum absolute atomic E-state index is 0.0144. The first-order valence-electron chi connectivity index (χ1n) is 7.27. The molecule has 0 amide bonds. The smallest absolute Gasteiger partial charge is 0.240 e. The van der Waals surface area contributed by atoms with Crippen LogP contribution in [0.3, 0.4) is 0 Å². The van der Waals surface area contributed by atoms with Gasteiger partial charge in [0.25, 0.3) is 0 Å². The molecule has 0 aromatic heterocycles. The average molecular weight is 321 g/mol. The van der Waals surface area contributed by atoms with Crippen LogP contribution in [0.1, 0.15) is 12.8 Å². The lowest BCUT2D eigenvalue weighted by molar-refractivity contribution is 0.114. The van der Waals surface area contributed by atoms with Crippen molar-refractivity contribution in [3.05, 3.63) is 36.4 Å². The van der Waals surface area contributed by atoms with E-state index in [-0.39, 0.29) is 11.0 Å². The second kappa shape index (κ2) is 6.24. The molecule has 22 heavy (non-hydrogen) atoms. The zero-order chi connectivity index (χ0) is 15.6. The number of methoxy groups -OCH3 is 1. The van der Waals surface area contributed by atoms with E-state index in [1.54, 1.807) is 25.3 Å². The molecule has 3 rings (SSSR count). The molecule has 1 N–H and O–H groups in total. The van der Waals surface area contributed by atoms with Crippen molar-refractivity contribution in [3.8, 4) is 5.75 Å². The van der Waals surface area contributed by atoms with Gasteiger partial charge in [-0.05, 0) is 47.9 Å². The van der Waals surface area contributed by atoms with Gasteiger partial charge in [-0.3, -0.25) is 0 Å². The molecule has 1 heterocycles. The largest absolute Gasteiger partial charge is 0.497 e. The molecule has 1 saturated heterocycles. The third-order valence-corrected chi connectivity index (χ3v) is 5.28. The molecular weight excluding hydrogens is 302 g/mol. The average Bonchev–Trinajstić information content (AvgIpc) is 3.05. The predicted molar refractivity (Wildman–Crippen MR) is 84.7 cm³/mol. The lowest BCUT2D eigenvalue weighted by Crippen LogP contribution is -2.31. The van der Waals surface area contributed by atoms with Crippen molar-refractivity contribution in [3.63, 3.8) is 0 Å². The molecule has 1 fully saturated rings. The second-order valence-corrected chi connectivity index (χ2v) is 7.13. The topological polar surface area (TPSA) is 64.6 Å². The summed E-state index contributed by atoms with van der Waals surface area (Å²) in [4.78, 5) is 0.267. The van der Waals surface area contributed by atoms with E-state index >= 15 is 0 Å². The van der Waals surface area contributed by atoms with Crippen LogP contribution in [-0.4, -0.2) is 34.8 Å². The van der Waals surface area contributed by atoms with Gasteiger partial charge in [-0.25, -0.2) is 13.1 Å². The number of nitrogens with one attached hydrogen (secondary N) is 1. The molecule has 1 unspecified atom stereocenters. The molecule has 118 valence electrons. The van der Waals surface area contributed by atoms with E-state index in [2.05, 4.69) is 4.72 Å². The Morgan fingerprint density at radius 3 is 2.73 bits per heavy atom. The molecule has 6 heteroatoms. The summed E-state index contributed by atoms with van der Waals surface area (Å²) in [6, 6.07) is 10.6. The highest BCUT2D eigenvalue weighted by Gasteiger charge is 2.20. The Balaban J connectivity index is 1.81. The van der Waals surface area contributed by atoms with Crippen LogP contribution in [0.15, 0.2) is 41.3 Å². The molecule has 0 radical (unpaired) electrons. The summed E-state index contributed by atoms with van der Waals surface area (Å²) in [6.07, 6.45) is 1.88. The monoisotopic (exact) mass is 321 g/mol. The molecule has 0 aliphatic carbocycles. The number of ether oxygens (including phenoxy) is 2. The van der Waals surface area contributed by atoms with Gasteiger partial charge in [-0.2, -0.15) is 0 Å². The zero-order valence-corrected chi connectivity index (χ0v) is 13.2. The highest BCUT2D eigenvalue weighted by atomic mass is 32.2. The zero-order valence-electron chi connectivity index (χ0n) is 12.4. The van der Waals surface area contributed by atoms with E-state index in [1.165, 1.54) is 0 Å². The van der Waals surface area contributed by atoms with Crippen LogP contribution < -0.4 is 9.46 Å². The first-order valence-corrected chi connectivity index (χ1v) is 8.76. The van der Waals surface area contributed by atoms with Crippen molar-refractivity contribution in [2.45, 2.75) is 23.8 Å². The van der Waals surface area contributed by atoms with Crippen molar-refractivity contribution >= 4 is 20.8 Å². The van der Waals surface area contributed by atoms with Crippen molar-refractivity contribution < 1.29 is 17.9 Å². The number of benzene rings is 2. The fourth-order valence-electron chi connectivity index (χ4n) is 2.59. The summed E-state index contributed by atoms with van der Waals surface area (Å²) in [5.74, 6) is 0.750. The summed E-state index contributed by atoms with van der Waals surface area (Å²) in [6.45, 7) is 1.03. The predicted octanol–water partition coefficient (Wildman–Crippen LogP) is 2.31. The Kier molecular flexibility index (Phi) is 4.33. The number of hydrogen-bond acceptors (Lipinski definition) is 4. The summed E-state index contributed by atoms with van der Waals surface area (Å²) < 4.78 is 38.0. The van der Waals surface area contributed by atoms with E-state index in [9.17, 15) is 8.42 Å². The minimum Gasteiger partial charge on any atom is -0.497 e. The molecule has 0 spiro atoms. The van der Waals surface area contributed by atoms with Crippen LogP contribution in [0.4, 0.5) is 0 Å². The van der Waals surface area contributed by atoms with Gasteiger partial charge in [0.05, 0.1) is 18.1 Å². The SMILES string of the molecule is COc1ccc2cc(S(=O)(=O)NCC3CCCO3)ccc2c1. The van der Waals surface area contributed by atoms with E-state index in [4.69, 9.17) is 9.47 Å². The van der Waals surface area contributed by atoms with Gasteiger partial charge >= 0.3 is 0 Å². The number of sulfonamides is 1. The molecule has 5 nitrogen and oxygen atoms in total. The van der Waals surface area contributed by atoms with Gasteiger partial charge in [0, 0.05) is 13.2 Å². The molecule has 1 aliphatic heterocycles. The fraction of sp³-hybridized carbons (Fsp3) is 0.375. The van der Waals surface area contributed by atoms with Crippen LogP contribution in [0.5, 0.6) is 5.75 Å². The van der Waals surface area contributed by atoms with E-state index in [0.717, 1.165) is 29.4 Å². The standard InChI is InChI=1S/C16H19NO4S/c1-20-14-6-4-13-10-16(7-5-12(13)9-14)22(18,19)17-11-15-3-2-8-21-15/h4-7,9-10,15,17H,2-3,8,11H2,1H3. The molecule has 0 bridgehead atoms. The maximum absolute atomic E-state index is 12.4. The first kappa shape index (κ1) is 15.3. The Morgan fingerprint density at radius 2 is 2.00 bits per heavy atom. The Bertz CT molecular complexity index is 767. The summed E-state index contributed by atoms with van der Waals surface area (Å²) in [5, 5.41) is 1.80. The molecule has 2 aromatic rings. The molecule has 0 saturated carbocycles. The Labute approximate surface area is 130 Å². The fourth-order valence-corrected chi connectivity index (χ4v) is 3.69. The van der Waals surface area contributed by atoms with Crippen molar-refractivity contribution in [2.24, 2.45) is 0 Å². The molecule has 2 aromatic carbocycles. The maximum Gasteiger partial charge on any atom is 0.240 e.